The second-order valence-corrected chi connectivity index (χ2v) is 5.92. The van der Waals surface area contributed by atoms with Crippen molar-refractivity contribution in [2.75, 3.05) is 53.0 Å². The number of morpholine rings is 1. The topological polar surface area (TPSA) is 40.6 Å². The van der Waals surface area contributed by atoms with Gasteiger partial charge in [0, 0.05) is 51.5 Å². The number of rotatable bonds is 7. The molecular weight excluding hydrogens is 296 g/mol. The molecule has 0 aromatic carbocycles. The molecule has 0 bridgehead atoms. The van der Waals surface area contributed by atoms with Gasteiger partial charge in [0.15, 0.2) is 5.11 Å². The van der Waals surface area contributed by atoms with Gasteiger partial charge in [-0.2, -0.15) is 0 Å². The fourth-order valence-corrected chi connectivity index (χ4v) is 2.58. The first-order chi connectivity index (χ1) is 10.8. The summed E-state index contributed by atoms with van der Waals surface area (Å²) in [6, 6.07) is 6.01. The molecule has 0 saturated carbocycles. The highest BCUT2D eigenvalue weighted by molar-refractivity contribution is 7.80. The Balaban J connectivity index is 1.56. The smallest absolute Gasteiger partial charge is 0.168 e. The van der Waals surface area contributed by atoms with E-state index >= 15 is 0 Å². The molecule has 1 aliphatic heterocycles. The SMILES string of the molecule is CN(CCc1ccccn1)C(=S)NCCCN1CCOCC1. The van der Waals surface area contributed by atoms with Crippen molar-refractivity contribution in [3.63, 3.8) is 0 Å². The molecule has 1 aromatic rings. The molecule has 22 heavy (non-hydrogen) atoms. The Morgan fingerprint density at radius 3 is 2.95 bits per heavy atom. The molecule has 1 saturated heterocycles. The van der Waals surface area contributed by atoms with Gasteiger partial charge >= 0.3 is 0 Å². The molecule has 0 amide bonds. The molecule has 1 aliphatic rings. The quantitative estimate of drug-likeness (QED) is 0.600. The van der Waals surface area contributed by atoms with E-state index in [0.717, 1.165) is 69.6 Å². The van der Waals surface area contributed by atoms with Crippen LogP contribution in [0.25, 0.3) is 0 Å². The molecular formula is C16H26N4OS. The van der Waals surface area contributed by atoms with Crippen LogP contribution in [-0.2, 0) is 11.2 Å². The average molecular weight is 322 g/mol. The standard InChI is InChI=1S/C16H26N4OS/c1-19(10-6-15-5-2-3-7-17-15)16(22)18-8-4-9-20-11-13-21-14-12-20/h2-3,5,7H,4,6,8-14H2,1H3,(H,18,22). The Morgan fingerprint density at radius 1 is 1.41 bits per heavy atom. The van der Waals surface area contributed by atoms with Crippen LogP contribution in [0.15, 0.2) is 24.4 Å². The second kappa shape index (κ2) is 9.71. The highest BCUT2D eigenvalue weighted by Crippen LogP contribution is 1.99. The number of aromatic nitrogens is 1. The molecule has 0 aliphatic carbocycles. The van der Waals surface area contributed by atoms with E-state index in [9.17, 15) is 0 Å². The zero-order chi connectivity index (χ0) is 15.6. The Labute approximate surface area is 138 Å². The average Bonchev–Trinajstić information content (AvgIpc) is 2.58. The number of likely N-dealkylation sites (N-methyl/N-ethyl adjacent to an activating group) is 1. The number of hydrogen-bond donors (Lipinski definition) is 1. The normalized spacial score (nSPS) is 15.5. The van der Waals surface area contributed by atoms with E-state index in [-0.39, 0.29) is 0 Å². The summed E-state index contributed by atoms with van der Waals surface area (Å²) in [6.07, 6.45) is 3.85. The summed E-state index contributed by atoms with van der Waals surface area (Å²) in [5.41, 5.74) is 1.10. The second-order valence-electron chi connectivity index (χ2n) is 5.53. The molecule has 5 nitrogen and oxygen atoms in total. The van der Waals surface area contributed by atoms with Gasteiger partial charge in [-0.25, -0.2) is 0 Å². The van der Waals surface area contributed by atoms with E-state index in [0.29, 0.717) is 0 Å². The van der Waals surface area contributed by atoms with Gasteiger partial charge in [-0.05, 0) is 37.3 Å². The minimum atomic E-state index is 0.818. The van der Waals surface area contributed by atoms with Gasteiger partial charge in [0.1, 0.15) is 0 Å². The minimum Gasteiger partial charge on any atom is -0.379 e. The van der Waals surface area contributed by atoms with Crippen LogP contribution in [0.4, 0.5) is 0 Å². The van der Waals surface area contributed by atoms with Crippen LogP contribution >= 0.6 is 12.2 Å². The maximum Gasteiger partial charge on any atom is 0.168 e. The lowest BCUT2D eigenvalue weighted by molar-refractivity contribution is 0.0376. The van der Waals surface area contributed by atoms with Gasteiger partial charge in [0.2, 0.25) is 0 Å². The number of ether oxygens (including phenoxy) is 1. The van der Waals surface area contributed by atoms with Crippen LogP contribution in [0.3, 0.4) is 0 Å². The van der Waals surface area contributed by atoms with Gasteiger partial charge in [-0.1, -0.05) is 6.07 Å². The van der Waals surface area contributed by atoms with Gasteiger partial charge in [0.05, 0.1) is 13.2 Å². The highest BCUT2D eigenvalue weighted by Gasteiger charge is 2.09. The number of nitrogens with zero attached hydrogens (tertiary/aromatic N) is 3. The van der Waals surface area contributed by atoms with E-state index in [2.05, 4.69) is 20.1 Å². The molecule has 0 spiro atoms. The van der Waals surface area contributed by atoms with Crippen LogP contribution in [0, 0.1) is 0 Å². The fraction of sp³-hybridized carbons (Fsp3) is 0.625. The van der Waals surface area contributed by atoms with Crippen molar-refractivity contribution in [3.8, 4) is 0 Å². The third kappa shape index (κ3) is 6.25. The molecule has 1 fully saturated rings. The molecule has 6 heteroatoms. The van der Waals surface area contributed by atoms with Crippen LogP contribution in [0.2, 0.25) is 0 Å². The van der Waals surface area contributed by atoms with Crippen molar-refractivity contribution >= 4 is 17.3 Å². The third-order valence-corrected chi connectivity index (χ3v) is 4.26. The summed E-state index contributed by atoms with van der Waals surface area (Å²) in [5.74, 6) is 0. The van der Waals surface area contributed by atoms with Crippen LogP contribution < -0.4 is 5.32 Å². The lowest BCUT2D eigenvalue weighted by atomic mass is 10.2. The van der Waals surface area contributed by atoms with Crippen molar-refractivity contribution in [2.24, 2.45) is 0 Å². The highest BCUT2D eigenvalue weighted by atomic mass is 32.1. The van der Waals surface area contributed by atoms with Crippen molar-refractivity contribution in [2.45, 2.75) is 12.8 Å². The summed E-state index contributed by atoms with van der Waals surface area (Å²) >= 11 is 5.42. The molecule has 2 rings (SSSR count). The monoisotopic (exact) mass is 322 g/mol. The van der Waals surface area contributed by atoms with Crippen LogP contribution in [-0.4, -0.2) is 72.9 Å². The third-order valence-electron chi connectivity index (χ3n) is 3.81. The van der Waals surface area contributed by atoms with Gasteiger partial charge in [0.25, 0.3) is 0 Å². The maximum atomic E-state index is 5.42. The predicted molar refractivity (Wildman–Crippen MR) is 93.0 cm³/mol. The first kappa shape index (κ1) is 17.1. The number of nitrogens with one attached hydrogen (secondary N) is 1. The largest absolute Gasteiger partial charge is 0.379 e. The van der Waals surface area contributed by atoms with E-state index in [1.165, 1.54) is 0 Å². The summed E-state index contributed by atoms with van der Waals surface area (Å²) < 4.78 is 5.35. The molecule has 0 unspecified atom stereocenters. The zero-order valence-electron chi connectivity index (χ0n) is 13.3. The molecule has 0 radical (unpaired) electrons. The van der Waals surface area contributed by atoms with E-state index < -0.39 is 0 Å². The fourth-order valence-electron chi connectivity index (χ4n) is 2.39. The Bertz CT molecular complexity index is 437. The van der Waals surface area contributed by atoms with Crippen molar-refractivity contribution in [1.82, 2.24) is 20.1 Å². The Kier molecular flexibility index (Phi) is 7.56. The van der Waals surface area contributed by atoms with E-state index in [1.807, 2.05) is 31.4 Å². The summed E-state index contributed by atoms with van der Waals surface area (Å²) in [6.45, 7) is 6.74. The first-order valence-corrected chi connectivity index (χ1v) is 8.35. The van der Waals surface area contributed by atoms with Crippen molar-refractivity contribution in [3.05, 3.63) is 30.1 Å². The Hall–Kier alpha value is -1.24. The van der Waals surface area contributed by atoms with Crippen LogP contribution in [0.1, 0.15) is 12.1 Å². The lowest BCUT2D eigenvalue weighted by Gasteiger charge is -2.27. The Morgan fingerprint density at radius 2 is 2.23 bits per heavy atom. The van der Waals surface area contributed by atoms with Gasteiger partial charge in [-0.15, -0.1) is 0 Å². The zero-order valence-corrected chi connectivity index (χ0v) is 14.1. The minimum absolute atomic E-state index is 0.818. The summed E-state index contributed by atoms with van der Waals surface area (Å²) in [7, 11) is 2.03. The van der Waals surface area contributed by atoms with Crippen molar-refractivity contribution in [1.29, 1.82) is 0 Å². The van der Waals surface area contributed by atoms with Crippen LogP contribution in [0.5, 0.6) is 0 Å². The molecule has 122 valence electrons. The molecule has 2 heterocycles. The van der Waals surface area contributed by atoms with Gasteiger partial charge in [-0.3, -0.25) is 9.88 Å². The maximum absolute atomic E-state index is 5.42. The molecule has 1 N–H and O–H groups in total. The predicted octanol–water partition coefficient (Wildman–Crippen LogP) is 1.15. The van der Waals surface area contributed by atoms with E-state index in [1.54, 1.807) is 0 Å². The number of hydrogen-bond acceptors (Lipinski definition) is 4. The van der Waals surface area contributed by atoms with E-state index in [4.69, 9.17) is 17.0 Å². The van der Waals surface area contributed by atoms with Crippen molar-refractivity contribution < 1.29 is 4.74 Å². The molecule has 1 aromatic heterocycles. The number of pyridine rings is 1. The van der Waals surface area contributed by atoms with Gasteiger partial charge < -0.3 is 15.0 Å². The number of thiocarbonyl (C=S) groups is 1. The molecule has 0 atom stereocenters. The summed E-state index contributed by atoms with van der Waals surface area (Å²) in [5, 5.41) is 4.15. The lowest BCUT2D eigenvalue weighted by Crippen LogP contribution is -2.41. The first-order valence-electron chi connectivity index (χ1n) is 7.94. The summed E-state index contributed by atoms with van der Waals surface area (Å²) in [4.78, 5) is 8.86.